The van der Waals surface area contributed by atoms with Gasteiger partial charge in [-0.15, -0.1) is 0 Å². The number of nitrogens with zero attached hydrogens (tertiary/aromatic N) is 3. The van der Waals surface area contributed by atoms with E-state index in [1.807, 2.05) is 36.5 Å². The number of benzene rings is 1. The van der Waals surface area contributed by atoms with Crippen molar-refractivity contribution in [1.82, 2.24) is 19.9 Å². The highest BCUT2D eigenvalue weighted by Gasteiger charge is 2.21. The van der Waals surface area contributed by atoms with Gasteiger partial charge in [0.2, 0.25) is 12.6 Å². The summed E-state index contributed by atoms with van der Waals surface area (Å²) in [5.41, 5.74) is 10.2. The third kappa shape index (κ3) is 2.90. The van der Waals surface area contributed by atoms with Crippen molar-refractivity contribution in [3.8, 4) is 45.7 Å². The molecule has 30 heavy (non-hydrogen) atoms. The van der Waals surface area contributed by atoms with E-state index in [-0.39, 0.29) is 6.79 Å². The number of aromatic amines is 1. The van der Waals surface area contributed by atoms with Crippen LogP contribution < -0.4 is 15.2 Å². The molecule has 0 bridgehead atoms. The molecule has 0 atom stereocenters. The second kappa shape index (κ2) is 6.49. The highest BCUT2D eigenvalue weighted by atomic mass is 16.7. The molecule has 1 fully saturated rings. The van der Waals surface area contributed by atoms with Crippen LogP contribution in [0.1, 0.15) is 18.7 Å². The van der Waals surface area contributed by atoms with Crippen LogP contribution in [0.3, 0.4) is 0 Å². The molecule has 1 saturated carbocycles. The molecule has 3 N–H and O–H groups in total. The van der Waals surface area contributed by atoms with Gasteiger partial charge in [0.1, 0.15) is 11.5 Å². The van der Waals surface area contributed by atoms with Gasteiger partial charge >= 0.3 is 0 Å². The van der Waals surface area contributed by atoms with E-state index in [0.29, 0.717) is 23.3 Å². The predicted molar refractivity (Wildman–Crippen MR) is 113 cm³/mol. The molecule has 4 aromatic rings. The van der Waals surface area contributed by atoms with Crippen molar-refractivity contribution >= 4 is 16.9 Å². The minimum atomic E-state index is 0.224. The molecule has 1 aromatic carbocycles. The molecule has 7 heteroatoms. The number of ether oxygens (including phenoxy) is 2. The van der Waals surface area contributed by atoms with E-state index in [1.165, 1.54) is 0 Å². The Bertz CT molecular complexity index is 1360. The van der Waals surface area contributed by atoms with E-state index >= 15 is 0 Å². The van der Waals surface area contributed by atoms with Crippen LogP contribution >= 0.6 is 0 Å². The number of H-pyrrole nitrogens is 1. The molecule has 1 aliphatic carbocycles. The first kappa shape index (κ1) is 16.9. The lowest BCUT2D eigenvalue weighted by Crippen LogP contribution is -1.96. The number of nitrogens with one attached hydrogen (secondary N) is 1. The Morgan fingerprint density at radius 2 is 1.93 bits per heavy atom. The highest BCUT2D eigenvalue weighted by molar-refractivity contribution is 6.03. The van der Waals surface area contributed by atoms with E-state index in [9.17, 15) is 0 Å². The molecule has 0 amide bonds. The summed E-state index contributed by atoms with van der Waals surface area (Å²) in [6.45, 7) is 0.224. The van der Waals surface area contributed by atoms with Crippen LogP contribution in [-0.2, 0) is 0 Å². The summed E-state index contributed by atoms with van der Waals surface area (Å²) >= 11 is 0. The Labute approximate surface area is 172 Å². The summed E-state index contributed by atoms with van der Waals surface area (Å²) < 4.78 is 11.0. The minimum Gasteiger partial charge on any atom is -0.454 e. The molecular formula is C23H17N5O2. The lowest BCUT2D eigenvalue weighted by Gasteiger charge is -2.08. The van der Waals surface area contributed by atoms with Gasteiger partial charge in [-0.3, -0.25) is 0 Å². The van der Waals surface area contributed by atoms with E-state index in [1.54, 1.807) is 6.20 Å². The first-order chi connectivity index (χ1) is 14.7. The van der Waals surface area contributed by atoms with Crippen molar-refractivity contribution in [1.29, 1.82) is 0 Å². The quantitative estimate of drug-likeness (QED) is 0.502. The van der Waals surface area contributed by atoms with Gasteiger partial charge in [-0.05, 0) is 54.7 Å². The van der Waals surface area contributed by atoms with Crippen molar-refractivity contribution in [2.24, 2.45) is 5.92 Å². The number of anilines is 1. The zero-order chi connectivity index (χ0) is 20.1. The van der Waals surface area contributed by atoms with Gasteiger partial charge in [0.15, 0.2) is 11.5 Å². The van der Waals surface area contributed by atoms with E-state index in [0.717, 1.165) is 52.0 Å². The molecule has 6 rings (SSSR count). The number of hydrogen-bond acceptors (Lipinski definition) is 6. The fourth-order valence-corrected chi connectivity index (χ4v) is 3.58. The number of nitrogen functional groups attached to an aromatic ring is 1. The predicted octanol–water partition coefficient (Wildman–Crippen LogP) is 3.76. The second-order valence-electron chi connectivity index (χ2n) is 7.40. The molecule has 3 aromatic heterocycles. The average molecular weight is 395 g/mol. The van der Waals surface area contributed by atoms with Gasteiger partial charge in [-0.2, -0.15) is 0 Å². The van der Waals surface area contributed by atoms with Crippen LogP contribution in [0.15, 0.2) is 42.7 Å². The fourth-order valence-electron chi connectivity index (χ4n) is 3.58. The van der Waals surface area contributed by atoms with E-state index in [4.69, 9.17) is 20.2 Å². The Morgan fingerprint density at radius 3 is 2.80 bits per heavy atom. The van der Waals surface area contributed by atoms with Gasteiger partial charge in [0, 0.05) is 29.4 Å². The number of aromatic nitrogens is 4. The molecule has 0 saturated heterocycles. The molecule has 7 nitrogen and oxygen atoms in total. The molecule has 1 aliphatic heterocycles. The highest BCUT2D eigenvalue weighted by Crippen LogP contribution is 2.39. The number of rotatable bonds is 2. The lowest BCUT2D eigenvalue weighted by atomic mass is 10.0. The number of fused-ring (bicyclic) bond motifs is 2. The molecular weight excluding hydrogens is 378 g/mol. The summed E-state index contributed by atoms with van der Waals surface area (Å²) in [5.74, 6) is 9.25. The first-order valence-electron chi connectivity index (χ1n) is 9.77. The van der Waals surface area contributed by atoms with Crippen molar-refractivity contribution in [2.45, 2.75) is 12.8 Å². The fraction of sp³-hybridized carbons (Fsp3) is 0.174. The Kier molecular flexibility index (Phi) is 3.65. The van der Waals surface area contributed by atoms with Crippen molar-refractivity contribution in [3.05, 3.63) is 48.5 Å². The van der Waals surface area contributed by atoms with Crippen molar-refractivity contribution in [3.63, 3.8) is 0 Å². The molecule has 0 spiro atoms. The topological polar surface area (TPSA) is 98.9 Å². The average Bonchev–Trinajstić information content (AvgIpc) is 3.30. The smallest absolute Gasteiger partial charge is 0.231 e. The summed E-state index contributed by atoms with van der Waals surface area (Å²) in [5, 5.41) is 0.899. The summed E-state index contributed by atoms with van der Waals surface area (Å²) in [7, 11) is 0. The van der Waals surface area contributed by atoms with Gasteiger partial charge in [0.25, 0.3) is 0 Å². The number of hydrogen-bond donors (Lipinski definition) is 2. The van der Waals surface area contributed by atoms with Gasteiger partial charge in [-0.1, -0.05) is 5.92 Å². The van der Waals surface area contributed by atoms with Gasteiger partial charge < -0.3 is 20.2 Å². The molecule has 146 valence electrons. The van der Waals surface area contributed by atoms with Crippen LogP contribution in [0.5, 0.6) is 11.5 Å². The number of nitrogens with two attached hydrogens (primary N) is 1. The molecule has 4 heterocycles. The Morgan fingerprint density at radius 1 is 1.03 bits per heavy atom. The Balaban J connectivity index is 1.59. The monoisotopic (exact) mass is 395 g/mol. The first-order valence-corrected chi connectivity index (χ1v) is 9.77. The third-order valence-electron chi connectivity index (χ3n) is 5.24. The van der Waals surface area contributed by atoms with Crippen LogP contribution in [0.4, 0.5) is 5.82 Å². The summed E-state index contributed by atoms with van der Waals surface area (Å²) in [6.07, 6.45) is 5.92. The SMILES string of the molecule is Nc1cc(-c2c[nH]c3nc(C#CC4CC4)nc(-c4ccc5c(c4)OCO5)c23)ccn1. The van der Waals surface area contributed by atoms with Crippen molar-refractivity contribution in [2.75, 3.05) is 12.5 Å². The van der Waals surface area contributed by atoms with Crippen molar-refractivity contribution < 1.29 is 9.47 Å². The lowest BCUT2D eigenvalue weighted by molar-refractivity contribution is 0.174. The molecule has 0 radical (unpaired) electrons. The largest absolute Gasteiger partial charge is 0.454 e. The Hall–Kier alpha value is -4.05. The van der Waals surface area contributed by atoms with Crippen LogP contribution in [0.25, 0.3) is 33.4 Å². The van der Waals surface area contributed by atoms with Crippen LogP contribution in [-0.4, -0.2) is 26.7 Å². The van der Waals surface area contributed by atoms with Crippen LogP contribution in [0.2, 0.25) is 0 Å². The minimum absolute atomic E-state index is 0.224. The second-order valence-corrected chi connectivity index (χ2v) is 7.40. The third-order valence-corrected chi connectivity index (χ3v) is 5.24. The maximum absolute atomic E-state index is 5.92. The molecule has 2 aliphatic rings. The van der Waals surface area contributed by atoms with Gasteiger partial charge in [0.05, 0.1) is 11.1 Å². The zero-order valence-corrected chi connectivity index (χ0v) is 16.0. The van der Waals surface area contributed by atoms with E-state index in [2.05, 4.69) is 26.8 Å². The zero-order valence-electron chi connectivity index (χ0n) is 16.0. The maximum atomic E-state index is 5.92. The molecule has 0 unspecified atom stereocenters. The normalized spacial score (nSPS) is 14.5. The van der Waals surface area contributed by atoms with Gasteiger partial charge in [-0.25, -0.2) is 15.0 Å². The summed E-state index contributed by atoms with van der Waals surface area (Å²) in [4.78, 5) is 16.9. The standard InChI is InChI=1S/C23H17N5O2/c24-19-10-14(7-8-25-19)16-11-26-23-21(16)22(27-20(28-23)6-3-13-1-2-13)15-4-5-17-18(9-15)30-12-29-17/h4-5,7-11,13H,1-2,12H2,(H2,24,25)(H,26,27,28). The van der Waals surface area contributed by atoms with E-state index < -0.39 is 0 Å². The maximum Gasteiger partial charge on any atom is 0.231 e. The van der Waals surface area contributed by atoms with Crippen LogP contribution in [0, 0.1) is 17.8 Å². The summed E-state index contributed by atoms with van der Waals surface area (Å²) in [6, 6.07) is 9.58. The number of pyridine rings is 1.